The molecule has 2 saturated heterocycles. The first-order chi connectivity index (χ1) is 17.0. The SMILES string of the molecule is COP(=O)(O)OCCCCNC1OC1CC1CNC2C(CCOI)CCCC2C1C1CCCCC1. The van der Waals surface area contributed by atoms with Gasteiger partial charge < -0.3 is 18.0 Å². The first kappa shape index (κ1) is 28.7. The van der Waals surface area contributed by atoms with E-state index in [0.717, 1.165) is 56.2 Å². The molecule has 2 heterocycles. The summed E-state index contributed by atoms with van der Waals surface area (Å²) in [6.45, 7) is 3.05. The number of hydrogen-bond acceptors (Lipinski definition) is 7. The molecule has 2 aliphatic carbocycles. The van der Waals surface area contributed by atoms with Crippen molar-refractivity contribution < 1.29 is 26.3 Å². The number of epoxide rings is 1. The minimum Gasteiger partial charge on any atom is -0.353 e. The van der Waals surface area contributed by atoms with Crippen molar-refractivity contribution in [2.45, 2.75) is 95.4 Å². The smallest absolute Gasteiger partial charge is 0.353 e. The van der Waals surface area contributed by atoms with E-state index < -0.39 is 7.82 Å². The fraction of sp³-hybridized carbons (Fsp3) is 1.00. The summed E-state index contributed by atoms with van der Waals surface area (Å²) in [4.78, 5) is 9.27. The molecule has 0 aromatic heterocycles. The average molecular weight is 629 g/mol. The molecule has 10 heteroatoms. The van der Waals surface area contributed by atoms with Crippen molar-refractivity contribution in [3.63, 3.8) is 0 Å². The van der Waals surface area contributed by atoms with Gasteiger partial charge in [0.2, 0.25) is 0 Å². The summed E-state index contributed by atoms with van der Waals surface area (Å²) >= 11 is 2.04. The largest absolute Gasteiger partial charge is 0.471 e. The van der Waals surface area contributed by atoms with Gasteiger partial charge in [-0.1, -0.05) is 38.5 Å². The highest BCUT2D eigenvalue weighted by Gasteiger charge is 2.49. The molecular weight excluding hydrogens is 582 g/mol. The van der Waals surface area contributed by atoms with E-state index in [1.54, 1.807) is 0 Å². The third-order valence-electron chi connectivity index (χ3n) is 9.02. The monoisotopic (exact) mass is 628 g/mol. The Morgan fingerprint density at radius 1 is 1.09 bits per heavy atom. The van der Waals surface area contributed by atoms with E-state index in [-0.39, 0.29) is 12.8 Å². The van der Waals surface area contributed by atoms with Crippen LogP contribution in [0, 0.1) is 29.6 Å². The van der Waals surface area contributed by atoms with Gasteiger partial charge in [-0.15, -0.1) is 0 Å². The summed E-state index contributed by atoms with van der Waals surface area (Å²) in [7, 11) is -2.67. The molecule has 3 N–H and O–H groups in total. The standard InChI is InChI=1S/C25H46IN2O6P/c1-31-35(29,30)33-14-6-5-13-27-25-22(34-25)16-20-17-28-24-19(12-15-32-26)10-7-11-21(24)23(20)18-8-3-2-4-9-18/h18-25,27-28H,2-17H2,1H3,(H,29,30). The quantitative estimate of drug-likeness (QED) is 0.105. The first-order valence-corrected chi connectivity index (χ1v) is 16.3. The topological polar surface area (TPSA) is 102 Å². The van der Waals surface area contributed by atoms with Crippen molar-refractivity contribution in [2.24, 2.45) is 29.6 Å². The summed E-state index contributed by atoms with van der Waals surface area (Å²) in [6, 6.07) is 0.669. The summed E-state index contributed by atoms with van der Waals surface area (Å²) < 4.78 is 32.1. The number of phosphoric acid groups is 1. The van der Waals surface area contributed by atoms with Crippen LogP contribution in [0.1, 0.15) is 77.0 Å². The Balaban J connectivity index is 1.25. The van der Waals surface area contributed by atoms with Crippen LogP contribution in [0.4, 0.5) is 0 Å². The summed E-state index contributed by atoms with van der Waals surface area (Å²) in [5, 5.41) is 7.54. The second-order valence-electron chi connectivity index (χ2n) is 11.1. The Kier molecular flexibility index (Phi) is 11.6. The Labute approximate surface area is 225 Å². The molecule has 8 unspecified atom stereocenters. The molecular formula is C25H46IN2O6P. The van der Waals surface area contributed by atoms with Crippen LogP contribution < -0.4 is 10.6 Å². The normalized spacial score (nSPS) is 37.5. The maximum atomic E-state index is 11.3. The van der Waals surface area contributed by atoms with Crippen molar-refractivity contribution >= 4 is 30.8 Å². The Morgan fingerprint density at radius 2 is 1.91 bits per heavy atom. The maximum Gasteiger partial charge on any atom is 0.471 e. The number of piperidine rings is 1. The van der Waals surface area contributed by atoms with Gasteiger partial charge in [0.05, 0.1) is 19.3 Å². The number of ether oxygens (including phenoxy) is 1. The van der Waals surface area contributed by atoms with E-state index in [9.17, 15) is 9.46 Å². The van der Waals surface area contributed by atoms with Gasteiger partial charge in [0, 0.05) is 13.2 Å². The fourth-order valence-corrected chi connectivity index (χ4v) is 8.08. The summed E-state index contributed by atoms with van der Waals surface area (Å²) in [5.41, 5.74) is 0. The molecule has 4 fully saturated rings. The van der Waals surface area contributed by atoms with Gasteiger partial charge in [-0.3, -0.25) is 14.4 Å². The summed E-state index contributed by atoms with van der Waals surface area (Å²) in [5.74, 6) is 4.00. The maximum absolute atomic E-state index is 11.3. The second-order valence-corrected chi connectivity index (χ2v) is 13.3. The van der Waals surface area contributed by atoms with Crippen molar-refractivity contribution in [1.29, 1.82) is 0 Å². The number of phosphoric ester groups is 1. The van der Waals surface area contributed by atoms with Gasteiger partial charge in [0.1, 0.15) is 29.2 Å². The van der Waals surface area contributed by atoms with Gasteiger partial charge in [-0.2, -0.15) is 0 Å². The van der Waals surface area contributed by atoms with Crippen LogP contribution in [0.5, 0.6) is 0 Å². The van der Waals surface area contributed by atoms with Crippen LogP contribution in [0.2, 0.25) is 0 Å². The second kappa shape index (κ2) is 14.2. The van der Waals surface area contributed by atoms with Gasteiger partial charge >= 0.3 is 7.82 Å². The van der Waals surface area contributed by atoms with E-state index in [4.69, 9.17) is 12.3 Å². The number of nitrogens with one attached hydrogen (secondary N) is 2. The molecule has 0 bridgehead atoms. The van der Waals surface area contributed by atoms with Crippen LogP contribution in [-0.2, 0) is 21.4 Å². The van der Waals surface area contributed by atoms with Gasteiger partial charge in [0.15, 0.2) is 0 Å². The van der Waals surface area contributed by atoms with Crippen molar-refractivity contribution in [3.05, 3.63) is 0 Å². The summed E-state index contributed by atoms with van der Waals surface area (Å²) in [6.07, 6.45) is 15.6. The zero-order chi connectivity index (χ0) is 24.7. The molecule has 8 atom stereocenters. The predicted octanol–water partition coefficient (Wildman–Crippen LogP) is 5.19. The molecule has 0 aromatic rings. The molecule has 35 heavy (non-hydrogen) atoms. The molecule has 2 saturated carbocycles. The minimum atomic E-state index is -3.86. The molecule has 4 aliphatic rings. The zero-order valence-corrected chi connectivity index (χ0v) is 24.3. The van der Waals surface area contributed by atoms with E-state index in [2.05, 4.69) is 15.2 Å². The van der Waals surface area contributed by atoms with Crippen LogP contribution in [0.15, 0.2) is 0 Å². The molecule has 0 spiro atoms. The molecule has 0 amide bonds. The van der Waals surface area contributed by atoms with Gasteiger partial charge in [-0.25, -0.2) is 4.57 Å². The van der Waals surface area contributed by atoms with Crippen LogP contribution in [0.3, 0.4) is 0 Å². The van der Waals surface area contributed by atoms with Crippen LogP contribution >= 0.6 is 30.8 Å². The molecule has 0 radical (unpaired) electrons. The Morgan fingerprint density at radius 3 is 2.69 bits per heavy atom. The Hall–Kier alpha value is 0.680. The molecule has 2 aliphatic heterocycles. The Bertz CT molecular complexity index is 684. The first-order valence-electron chi connectivity index (χ1n) is 13.9. The lowest BCUT2D eigenvalue weighted by atomic mass is 9.58. The number of halogens is 1. The zero-order valence-electron chi connectivity index (χ0n) is 21.2. The minimum absolute atomic E-state index is 0.156. The van der Waals surface area contributed by atoms with E-state index in [0.29, 0.717) is 24.5 Å². The van der Waals surface area contributed by atoms with Crippen LogP contribution in [-0.4, -0.2) is 56.7 Å². The van der Waals surface area contributed by atoms with Gasteiger partial charge in [0.25, 0.3) is 0 Å². The van der Waals surface area contributed by atoms with Crippen molar-refractivity contribution in [1.82, 2.24) is 10.6 Å². The predicted molar refractivity (Wildman–Crippen MR) is 144 cm³/mol. The molecule has 0 aromatic carbocycles. The number of unbranched alkanes of at least 4 members (excludes halogenated alkanes) is 1. The third-order valence-corrected chi connectivity index (χ3v) is 10.4. The number of hydrogen-bond donors (Lipinski definition) is 3. The van der Waals surface area contributed by atoms with Crippen LogP contribution in [0.25, 0.3) is 0 Å². The average Bonchev–Trinajstić information content (AvgIpc) is 3.62. The molecule has 4 rings (SSSR count). The third kappa shape index (κ3) is 8.33. The van der Waals surface area contributed by atoms with E-state index >= 15 is 0 Å². The van der Waals surface area contributed by atoms with Crippen molar-refractivity contribution in [2.75, 3.05) is 33.4 Å². The number of fused-ring (bicyclic) bond motifs is 1. The van der Waals surface area contributed by atoms with E-state index in [1.807, 2.05) is 23.0 Å². The molecule has 204 valence electrons. The molecule has 8 nitrogen and oxygen atoms in total. The van der Waals surface area contributed by atoms with E-state index in [1.165, 1.54) is 64.9 Å². The number of rotatable bonds is 14. The highest BCUT2D eigenvalue weighted by Crippen LogP contribution is 2.49. The highest BCUT2D eigenvalue weighted by atomic mass is 127. The highest BCUT2D eigenvalue weighted by molar-refractivity contribution is 14.1. The van der Waals surface area contributed by atoms with Crippen molar-refractivity contribution in [3.8, 4) is 0 Å². The lowest BCUT2D eigenvalue weighted by Gasteiger charge is -2.52. The van der Waals surface area contributed by atoms with Gasteiger partial charge in [-0.05, 0) is 81.2 Å². The fourth-order valence-electron chi connectivity index (χ4n) is 7.37. The lowest BCUT2D eigenvalue weighted by molar-refractivity contribution is -0.00268. The lowest BCUT2D eigenvalue weighted by Crippen LogP contribution is -2.57.